The summed E-state index contributed by atoms with van der Waals surface area (Å²) in [6.07, 6.45) is 3.35. The molecule has 2 aromatic heterocycles. The predicted molar refractivity (Wildman–Crippen MR) is 121 cm³/mol. The molecule has 0 N–H and O–H groups in total. The molecule has 0 aliphatic rings. The second kappa shape index (κ2) is 9.22. The summed E-state index contributed by atoms with van der Waals surface area (Å²) in [4.78, 5) is 33.3. The Morgan fingerprint density at radius 3 is 1.44 bits per heavy atom. The summed E-state index contributed by atoms with van der Waals surface area (Å²) in [5.41, 5.74) is 5.35. The van der Waals surface area contributed by atoms with E-state index in [1.54, 1.807) is 36.7 Å². The lowest BCUT2D eigenvalue weighted by Gasteiger charge is -2.11. The normalized spacial score (nSPS) is 10.4. The summed E-state index contributed by atoms with van der Waals surface area (Å²) in [6, 6.07) is 21.9. The van der Waals surface area contributed by atoms with Crippen LogP contribution in [0.1, 0.15) is 20.7 Å². The van der Waals surface area contributed by atoms with Crippen LogP contribution < -0.4 is 0 Å². The predicted octanol–water partition coefficient (Wildman–Crippen LogP) is 5.05. The van der Waals surface area contributed by atoms with Crippen LogP contribution in [0, 0.1) is 0 Å². The van der Waals surface area contributed by atoms with Gasteiger partial charge in [-0.1, -0.05) is 36.4 Å². The molecule has 158 valence electrons. The monoisotopic (exact) mass is 424 g/mol. The molecule has 0 fully saturated rings. The maximum Gasteiger partial charge on any atom is 0.338 e. The van der Waals surface area contributed by atoms with Crippen molar-refractivity contribution in [2.75, 3.05) is 14.2 Å². The highest BCUT2D eigenvalue weighted by molar-refractivity contribution is 5.98. The van der Waals surface area contributed by atoms with Gasteiger partial charge in [0.05, 0.1) is 36.7 Å². The number of carbonyl (C=O) groups is 2. The van der Waals surface area contributed by atoms with Crippen LogP contribution in [0.15, 0.2) is 85.2 Å². The number of nitrogens with zero attached hydrogens (tertiary/aromatic N) is 2. The van der Waals surface area contributed by atoms with Crippen molar-refractivity contribution in [3.63, 3.8) is 0 Å². The summed E-state index contributed by atoms with van der Waals surface area (Å²) in [5.74, 6) is -0.808. The van der Waals surface area contributed by atoms with Gasteiger partial charge in [0.25, 0.3) is 0 Å². The number of hydrogen-bond donors (Lipinski definition) is 0. The van der Waals surface area contributed by atoms with Crippen molar-refractivity contribution < 1.29 is 19.1 Å². The number of ether oxygens (including phenoxy) is 2. The van der Waals surface area contributed by atoms with Crippen molar-refractivity contribution in [1.29, 1.82) is 0 Å². The molecular weight excluding hydrogens is 404 g/mol. The lowest BCUT2D eigenvalue weighted by atomic mass is 9.98. The molecule has 0 bridgehead atoms. The van der Waals surface area contributed by atoms with Gasteiger partial charge < -0.3 is 9.47 Å². The molecule has 0 saturated carbocycles. The average molecular weight is 424 g/mol. The number of esters is 2. The van der Waals surface area contributed by atoms with Crippen LogP contribution in [0.4, 0.5) is 0 Å². The Kier molecular flexibility index (Phi) is 6.03. The van der Waals surface area contributed by atoms with Gasteiger partial charge in [0.15, 0.2) is 0 Å². The van der Waals surface area contributed by atoms with Crippen LogP contribution in [0.25, 0.3) is 33.6 Å². The van der Waals surface area contributed by atoms with Crippen molar-refractivity contribution in [1.82, 2.24) is 9.97 Å². The van der Waals surface area contributed by atoms with Crippen molar-refractivity contribution in [3.05, 3.63) is 96.3 Å². The first-order valence-corrected chi connectivity index (χ1v) is 9.90. The molecule has 2 aromatic carbocycles. The number of pyridine rings is 2. The summed E-state index contributed by atoms with van der Waals surface area (Å²) >= 11 is 0. The van der Waals surface area contributed by atoms with Crippen LogP contribution in [-0.2, 0) is 9.47 Å². The highest BCUT2D eigenvalue weighted by atomic mass is 16.5. The molecular formula is C26H20N2O4. The molecule has 2 heterocycles. The Bertz CT molecular complexity index is 1200. The van der Waals surface area contributed by atoms with E-state index in [-0.39, 0.29) is 0 Å². The van der Waals surface area contributed by atoms with Crippen LogP contribution >= 0.6 is 0 Å². The maximum absolute atomic E-state index is 12.2. The van der Waals surface area contributed by atoms with E-state index in [2.05, 4.69) is 9.97 Å². The first kappa shape index (κ1) is 20.9. The molecule has 6 heteroatoms. The molecule has 6 nitrogen and oxygen atoms in total. The minimum absolute atomic E-state index is 0.404. The Balaban J connectivity index is 1.77. The van der Waals surface area contributed by atoms with Gasteiger partial charge in [0.1, 0.15) is 0 Å². The third-order valence-corrected chi connectivity index (χ3v) is 5.07. The molecule has 0 amide bonds. The van der Waals surface area contributed by atoms with E-state index < -0.39 is 11.9 Å². The second-order valence-corrected chi connectivity index (χ2v) is 6.93. The standard InChI is InChI=1S/C26H20N2O4/c1-31-25(29)21-9-5-3-7-19(21)17-11-13-27-23(15-17)24-16-18(12-14-28-24)20-8-4-6-10-22(20)26(30)32-2/h3-16H,1-2H3. The van der Waals surface area contributed by atoms with Gasteiger partial charge in [-0.3, -0.25) is 9.97 Å². The second-order valence-electron chi connectivity index (χ2n) is 6.93. The third kappa shape index (κ3) is 4.11. The van der Waals surface area contributed by atoms with E-state index in [9.17, 15) is 9.59 Å². The van der Waals surface area contributed by atoms with Crippen LogP contribution in [0.2, 0.25) is 0 Å². The molecule has 0 spiro atoms. The fraction of sp³-hybridized carbons (Fsp3) is 0.0769. The van der Waals surface area contributed by atoms with Crippen LogP contribution in [0.3, 0.4) is 0 Å². The van der Waals surface area contributed by atoms with Gasteiger partial charge in [-0.05, 0) is 58.7 Å². The van der Waals surface area contributed by atoms with Gasteiger partial charge in [0.2, 0.25) is 0 Å². The van der Waals surface area contributed by atoms with E-state index in [1.165, 1.54) is 14.2 Å². The Labute approximate surface area is 185 Å². The van der Waals surface area contributed by atoms with E-state index in [0.717, 1.165) is 22.3 Å². The highest BCUT2D eigenvalue weighted by Gasteiger charge is 2.15. The van der Waals surface area contributed by atoms with E-state index in [4.69, 9.17) is 9.47 Å². The first-order chi connectivity index (χ1) is 15.6. The molecule has 0 atom stereocenters. The highest BCUT2D eigenvalue weighted by Crippen LogP contribution is 2.30. The zero-order valence-corrected chi connectivity index (χ0v) is 17.6. The number of aromatic nitrogens is 2. The largest absolute Gasteiger partial charge is 0.465 e. The van der Waals surface area contributed by atoms with E-state index in [0.29, 0.717) is 22.5 Å². The number of rotatable bonds is 5. The lowest BCUT2D eigenvalue weighted by molar-refractivity contribution is 0.0592. The third-order valence-electron chi connectivity index (χ3n) is 5.07. The van der Waals surface area contributed by atoms with Gasteiger partial charge in [-0.2, -0.15) is 0 Å². The van der Waals surface area contributed by atoms with Crippen molar-refractivity contribution in [2.24, 2.45) is 0 Å². The topological polar surface area (TPSA) is 78.4 Å². The van der Waals surface area contributed by atoms with Gasteiger partial charge in [-0.25, -0.2) is 9.59 Å². The molecule has 0 saturated heterocycles. The number of benzene rings is 2. The minimum Gasteiger partial charge on any atom is -0.465 e. The average Bonchev–Trinajstić information content (AvgIpc) is 2.88. The molecule has 0 aliphatic heterocycles. The smallest absolute Gasteiger partial charge is 0.338 e. The quantitative estimate of drug-likeness (QED) is 0.417. The van der Waals surface area contributed by atoms with Gasteiger partial charge in [-0.15, -0.1) is 0 Å². The summed E-state index contributed by atoms with van der Waals surface area (Å²) < 4.78 is 9.83. The minimum atomic E-state index is -0.404. The van der Waals surface area contributed by atoms with E-state index >= 15 is 0 Å². The van der Waals surface area contributed by atoms with Crippen molar-refractivity contribution >= 4 is 11.9 Å². The van der Waals surface area contributed by atoms with Gasteiger partial charge in [0, 0.05) is 12.4 Å². The Morgan fingerprint density at radius 2 is 1.03 bits per heavy atom. The Hall–Kier alpha value is -4.32. The maximum atomic E-state index is 12.2. The lowest BCUT2D eigenvalue weighted by Crippen LogP contribution is -2.03. The molecule has 0 aliphatic carbocycles. The zero-order valence-electron chi connectivity index (χ0n) is 17.6. The fourth-order valence-electron chi connectivity index (χ4n) is 3.52. The Morgan fingerprint density at radius 1 is 0.625 bits per heavy atom. The van der Waals surface area contributed by atoms with Gasteiger partial charge >= 0.3 is 11.9 Å². The summed E-state index contributed by atoms with van der Waals surface area (Å²) in [6.45, 7) is 0. The van der Waals surface area contributed by atoms with E-state index in [1.807, 2.05) is 48.5 Å². The van der Waals surface area contributed by atoms with Crippen molar-refractivity contribution in [2.45, 2.75) is 0 Å². The zero-order chi connectivity index (χ0) is 22.5. The molecule has 4 rings (SSSR count). The number of carbonyl (C=O) groups excluding carboxylic acids is 2. The van der Waals surface area contributed by atoms with Crippen LogP contribution in [0.5, 0.6) is 0 Å². The summed E-state index contributed by atoms with van der Waals surface area (Å²) in [5, 5.41) is 0. The molecule has 0 radical (unpaired) electrons. The number of methoxy groups -OCH3 is 2. The van der Waals surface area contributed by atoms with Crippen molar-refractivity contribution in [3.8, 4) is 33.6 Å². The SMILES string of the molecule is COC(=O)c1ccccc1-c1ccnc(-c2cc(-c3ccccc3C(=O)OC)ccn2)c1. The molecule has 4 aromatic rings. The first-order valence-electron chi connectivity index (χ1n) is 9.90. The van der Waals surface area contributed by atoms with Crippen LogP contribution in [-0.4, -0.2) is 36.1 Å². The molecule has 0 unspecified atom stereocenters. The fourth-order valence-corrected chi connectivity index (χ4v) is 3.52. The number of hydrogen-bond acceptors (Lipinski definition) is 6. The molecule has 32 heavy (non-hydrogen) atoms. The summed E-state index contributed by atoms with van der Waals surface area (Å²) in [7, 11) is 2.72.